The average molecular weight is 264 g/mol. The summed E-state index contributed by atoms with van der Waals surface area (Å²) in [7, 11) is 2.00. The SMILES string of the molecule is Cc1nn(C)cc1CN1CCC(CNC(C)(C)C)C1. The third-order valence-corrected chi connectivity index (χ3v) is 3.80. The Morgan fingerprint density at radius 1 is 1.42 bits per heavy atom. The van der Waals surface area contributed by atoms with Gasteiger partial charge in [0, 0.05) is 37.4 Å². The molecule has 1 N–H and O–H groups in total. The summed E-state index contributed by atoms with van der Waals surface area (Å²) in [6, 6.07) is 0. The van der Waals surface area contributed by atoms with Gasteiger partial charge in [-0.2, -0.15) is 5.10 Å². The second-order valence-electron chi connectivity index (χ2n) is 6.93. The topological polar surface area (TPSA) is 33.1 Å². The molecule has 0 aliphatic carbocycles. The van der Waals surface area contributed by atoms with Crippen LogP contribution in [0.2, 0.25) is 0 Å². The van der Waals surface area contributed by atoms with Crippen molar-refractivity contribution < 1.29 is 0 Å². The molecular formula is C15H28N4. The van der Waals surface area contributed by atoms with E-state index >= 15 is 0 Å². The molecular weight excluding hydrogens is 236 g/mol. The van der Waals surface area contributed by atoms with Crippen LogP contribution >= 0.6 is 0 Å². The molecule has 4 heteroatoms. The second-order valence-corrected chi connectivity index (χ2v) is 6.93. The molecule has 0 bridgehead atoms. The number of rotatable bonds is 4. The van der Waals surface area contributed by atoms with Gasteiger partial charge in [0.2, 0.25) is 0 Å². The number of nitrogens with one attached hydrogen (secondary N) is 1. The summed E-state index contributed by atoms with van der Waals surface area (Å²) >= 11 is 0. The Kier molecular flexibility index (Phi) is 4.31. The van der Waals surface area contributed by atoms with Gasteiger partial charge in [0.15, 0.2) is 0 Å². The van der Waals surface area contributed by atoms with E-state index in [1.54, 1.807) is 0 Å². The maximum absolute atomic E-state index is 4.42. The number of aryl methyl sites for hydroxylation is 2. The van der Waals surface area contributed by atoms with E-state index in [0.29, 0.717) is 0 Å². The van der Waals surface area contributed by atoms with Gasteiger partial charge in [-0.3, -0.25) is 9.58 Å². The minimum absolute atomic E-state index is 0.230. The third kappa shape index (κ3) is 4.32. The van der Waals surface area contributed by atoms with Crippen molar-refractivity contribution in [2.75, 3.05) is 19.6 Å². The highest BCUT2D eigenvalue weighted by Gasteiger charge is 2.24. The van der Waals surface area contributed by atoms with Crippen LogP contribution in [0.1, 0.15) is 38.4 Å². The van der Waals surface area contributed by atoms with Gasteiger partial charge in [0.25, 0.3) is 0 Å². The molecule has 2 heterocycles. The molecule has 108 valence electrons. The molecule has 1 aliphatic heterocycles. The molecule has 1 aromatic heterocycles. The summed E-state index contributed by atoms with van der Waals surface area (Å²) in [5.74, 6) is 0.788. The Balaban J connectivity index is 1.80. The van der Waals surface area contributed by atoms with E-state index < -0.39 is 0 Å². The average Bonchev–Trinajstić information content (AvgIpc) is 2.83. The first-order valence-electron chi connectivity index (χ1n) is 7.30. The molecule has 1 aromatic rings. The number of nitrogens with zero attached hydrogens (tertiary/aromatic N) is 3. The van der Waals surface area contributed by atoms with Crippen molar-refractivity contribution in [2.45, 2.75) is 46.2 Å². The van der Waals surface area contributed by atoms with Crippen LogP contribution in [0.5, 0.6) is 0 Å². The minimum atomic E-state index is 0.230. The van der Waals surface area contributed by atoms with Crippen LogP contribution < -0.4 is 5.32 Å². The van der Waals surface area contributed by atoms with E-state index in [1.165, 1.54) is 30.8 Å². The lowest BCUT2D eigenvalue weighted by Gasteiger charge is -2.23. The molecule has 1 aliphatic rings. The monoisotopic (exact) mass is 264 g/mol. The van der Waals surface area contributed by atoms with E-state index in [4.69, 9.17) is 0 Å². The lowest BCUT2D eigenvalue weighted by atomic mass is 10.1. The van der Waals surface area contributed by atoms with Crippen LogP contribution in [0.3, 0.4) is 0 Å². The predicted molar refractivity (Wildman–Crippen MR) is 79.1 cm³/mol. The van der Waals surface area contributed by atoms with Gasteiger partial charge in [-0.1, -0.05) is 0 Å². The molecule has 1 atom stereocenters. The van der Waals surface area contributed by atoms with Crippen LogP contribution in [-0.2, 0) is 13.6 Å². The number of aromatic nitrogens is 2. The van der Waals surface area contributed by atoms with Crippen molar-refractivity contribution in [3.8, 4) is 0 Å². The van der Waals surface area contributed by atoms with E-state index in [0.717, 1.165) is 19.0 Å². The van der Waals surface area contributed by atoms with Crippen LogP contribution in [0.25, 0.3) is 0 Å². The highest BCUT2D eigenvalue weighted by atomic mass is 15.3. The predicted octanol–water partition coefficient (Wildman–Crippen LogP) is 1.94. The first-order valence-corrected chi connectivity index (χ1v) is 7.30. The number of hydrogen-bond donors (Lipinski definition) is 1. The fourth-order valence-electron chi connectivity index (χ4n) is 2.72. The Morgan fingerprint density at radius 3 is 2.74 bits per heavy atom. The summed E-state index contributed by atoms with van der Waals surface area (Å²) in [4.78, 5) is 2.55. The van der Waals surface area contributed by atoms with Crippen LogP contribution in [0, 0.1) is 12.8 Å². The Morgan fingerprint density at radius 2 is 2.16 bits per heavy atom. The van der Waals surface area contributed by atoms with Gasteiger partial charge in [0.05, 0.1) is 5.69 Å². The summed E-state index contributed by atoms with van der Waals surface area (Å²) in [6.45, 7) is 13.4. The summed E-state index contributed by atoms with van der Waals surface area (Å²) < 4.78 is 1.92. The molecule has 0 aromatic carbocycles. The Labute approximate surface area is 117 Å². The lowest BCUT2D eigenvalue weighted by molar-refractivity contribution is 0.304. The largest absolute Gasteiger partial charge is 0.312 e. The van der Waals surface area contributed by atoms with Crippen molar-refractivity contribution in [1.29, 1.82) is 0 Å². The quantitative estimate of drug-likeness (QED) is 0.902. The van der Waals surface area contributed by atoms with Gasteiger partial charge in [0.1, 0.15) is 0 Å². The molecule has 0 amide bonds. The van der Waals surface area contributed by atoms with Crippen LogP contribution in [-0.4, -0.2) is 39.9 Å². The van der Waals surface area contributed by atoms with Crippen molar-refractivity contribution in [1.82, 2.24) is 20.0 Å². The van der Waals surface area contributed by atoms with E-state index in [-0.39, 0.29) is 5.54 Å². The molecule has 0 saturated carbocycles. The summed E-state index contributed by atoms with van der Waals surface area (Å²) in [5.41, 5.74) is 2.76. The smallest absolute Gasteiger partial charge is 0.0638 e. The molecule has 1 fully saturated rings. The third-order valence-electron chi connectivity index (χ3n) is 3.80. The van der Waals surface area contributed by atoms with Gasteiger partial charge in [-0.25, -0.2) is 0 Å². The van der Waals surface area contributed by atoms with Gasteiger partial charge in [-0.05, 0) is 53.1 Å². The van der Waals surface area contributed by atoms with E-state index in [1.807, 2.05) is 11.7 Å². The normalized spacial score (nSPS) is 21.2. The first-order chi connectivity index (χ1) is 8.83. The van der Waals surface area contributed by atoms with Crippen LogP contribution in [0.15, 0.2) is 6.20 Å². The maximum Gasteiger partial charge on any atom is 0.0638 e. The standard InChI is InChI=1S/C15H28N4/c1-12-14(10-18(5)17-12)11-19-7-6-13(9-19)8-16-15(2,3)4/h10,13,16H,6-9,11H2,1-5H3. The van der Waals surface area contributed by atoms with Crippen molar-refractivity contribution in [3.05, 3.63) is 17.5 Å². The molecule has 19 heavy (non-hydrogen) atoms. The molecule has 0 spiro atoms. The molecule has 0 radical (unpaired) electrons. The van der Waals surface area contributed by atoms with Crippen LogP contribution in [0.4, 0.5) is 0 Å². The van der Waals surface area contributed by atoms with Crippen molar-refractivity contribution in [2.24, 2.45) is 13.0 Å². The number of hydrogen-bond acceptors (Lipinski definition) is 3. The zero-order chi connectivity index (χ0) is 14.0. The minimum Gasteiger partial charge on any atom is -0.312 e. The zero-order valence-corrected chi connectivity index (χ0v) is 13.0. The second kappa shape index (κ2) is 5.63. The lowest BCUT2D eigenvalue weighted by Crippen LogP contribution is -2.39. The highest BCUT2D eigenvalue weighted by molar-refractivity contribution is 5.15. The molecule has 2 rings (SSSR count). The summed E-state index contributed by atoms with van der Waals surface area (Å²) in [5, 5.41) is 8.04. The number of likely N-dealkylation sites (tertiary alicyclic amines) is 1. The van der Waals surface area contributed by atoms with Gasteiger partial charge in [-0.15, -0.1) is 0 Å². The Hall–Kier alpha value is -0.870. The van der Waals surface area contributed by atoms with Gasteiger partial charge < -0.3 is 5.32 Å². The van der Waals surface area contributed by atoms with E-state index in [9.17, 15) is 0 Å². The fourth-order valence-corrected chi connectivity index (χ4v) is 2.72. The maximum atomic E-state index is 4.42. The van der Waals surface area contributed by atoms with E-state index in [2.05, 4.69) is 49.2 Å². The Bertz CT molecular complexity index is 416. The molecule has 1 unspecified atom stereocenters. The molecule has 4 nitrogen and oxygen atoms in total. The first kappa shape index (κ1) is 14.5. The fraction of sp³-hybridized carbons (Fsp3) is 0.800. The zero-order valence-electron chi connectivity index (χ0n) is 13.0. The van der Waals surface area contributed by atoms with Crippen molar-refractivity contribution in [3.63, 3.8) is 0 Å². The van der Waals surface area contributed by atoms with Crippen molar-refractivity contribution >= 4 is 0 Å². The van der Waals surface area contributed by atoms with Gasteiger partial charge >= 0.3 is 0 Å². The highest BCUT2D eigenvalue weighted by Crippen LogP contribution is 2.19. The summed E-state index contributed by atoms with van der Waals surface area (Å²) in [6.07, 6.45) is 3.46. The molecule has 1 saturated heterocycles.